The van der Waals surface area contributed by atoms with E-state index in [1.54, 1.807) is 22.0 Å². The average molecular weight is 532 g/mol. The van der Waals surface area contributed by atoms with Gasteiger partial charge in [-0.15, -0.1) is 11.3 Å². The lowest BCUT2D eigenvalue weighted by molar-refractivity contribution is -0.0851. The first-order valence-corrected chi connectivity index (χ1v) is 14.2. The Morgan fingerprint density at radius 2 is 2.05 bits per heavy atom. The Bertz CT molecular complexity index is 1440. The Balaban J connectivity index is 1.37. The summed E-state index contributed by atoms with van der Waals surface area (Å²) in [5, 5.41) is 9.73. The molecule has 0 aromatic carbocycles. The summed E-state index contributed by atoms with van der Waals surface area (Å²) in [4.78, 5) is 29.1. The molecule has 38 heavy (non-hydrogen) atoms. The van der Waals surface area contributed by atoms with E-state index in [1.165, 1.54) is 0 Å². The molecule has 0 saturated carbocycles. The van der Waals surface area contributed by atoms with Gasteiger partial charge in [-0.25, -0.2) is 14.5 Å². The number of pyridine rings is 1. The van der Waals surface area contributed by atoms with Crippen molar-refractivity contribution in [2.45, 2.75) is 38.8 Å². The summed E-state index contributed by atoms with van der Waals surface area (Å²) in [7, 11) is 0. The van der Waals surface area contributed by atoms with Gasteiger partial charge >= 0.3 is 0 Å². The molecule has 9 nitrogen and oxygen atoms in total. The van der Waals surface area contributed by atoms with Gasteiger partial charge in [-0.2, -0.15) is 5.10 Å². The molecule has 10 heteroatoms. The van der Waals surface area contributed by atoms with Gasteiger partial charge in [0.15, 0.2) is 5.65 Å². The van der Waals surface area contributed by atoms with Gasteiger partial charge in [0.05, 0.1) is 46.8 Å². The minimum absolute atomic E-state index is 0.00230. The van der Waals surface area contributed by atoms with Gasteiger partial charge in [0.25, 0.3) is 5.91 Å². The van der Waals surface area contributed by atoms with E-state index in [9.17, 15) is 4.79 Å². The molecule has 1 spiro atoms. The number of hydrogen-bond donors (Lipinski definition) is 1. The number of hydrogen-bond acceptors (Lipinski definition) is 8. The second kappa shape index (κ2) is 10.1. The third kappa shape index (κ3) is 4.36. The minimum Gasteiger partial charge on any atom is -0.376 e. The van der Waals surface area contributed by atoms with Crippen LogP contribution in [0.5, 0.6) is 0 Å². The molecule has 6 heterocycles. The van der Waals surface area contributed by atoms with Gasteiger partial charge in [0, 0.05) is 30.9 Å². The van der Waals surface area contributed by atoms with E-state index in [-0.39, 0.29) is 17.5 Å². The Kier molecular flexibility index (Phi) is 6.63. The van der Waals surface area contributed by atoms with Crippen molar-refractivity contribution in [1.29, 1.82) is 0 Å². The molecule has 0 bridgehead atoms. The minimum atomic E-state index is -0.1000. The molecule has 2 saturated heterocycles. The molecule has 0 unspecified atom stereocenters. The van der Waals surface area contributed by atoms with Crippen LogP contribution in [0.3, 0.4) is 0 Å². The predicted molar refractivity (Wildman–Crippen MR) is 150 cm³/mol. The number of ether oxygens (including phenoxy) is 1. The summed E-state index contributed by atoms with van der Waals surface area (Å²) in [6, 6.07) is 10.1. The molecule has 1 atom stereocenters. The van der Waals surface area contributed by atoms with Crippen molar-refractivity contribution in [1.82, 2.24) is 29.8 Å². The van der Waals surface area contributed by atoms with Crippen LogP contribution in [0.2, 0.25) is 0 Å². The molecule has 198 valence electrons. The van der Waals surface area contributed by atoms with Crippen molar-refractivity contribution < 1.29 is 9.53 Å². The number of amides is 1. The van der Waals surface area contributed by atoms with Gasteiger partial charge in [-0.05, 0) is 56.1 Å². The van der Waals surface area contributed by atoms with Crippen LogP contribution in [0.15, 0.2) is 48.1 Å². The normalized spacial score (nSPS) is 17.0. The topological polar surface area (TPSA) is 87.9 Å². The highest BCUT2D eigenvalue weighted by Crippen LogP contribution is 2.41. The molecule has 6 rings (SSSR count). The molecule has 0 radical (unpaired) electrons. The van der Waals surface area contributed by atoms with Crippen LogP contribution in [-0.2, 0) is 4.74 Å². The molecular formula is C28H33N7O2S. The number of aromatic nitrogens is 4. The molecule has 2 fully saturated rings. The maximum atomic E-state index is 13.4. The molecule has 2 aliphatic rings. The standard InChI is InChI=1S/C28H33N7O2S/c1-4-33(5-2)19(3)15-29-27(36)20-13-23(31-25(14-20)34-11-9-28(34)17-37-18-28)21-16-30-35-10-8-22(32-26(21)35)24-7-6-12-38-24/h6-8,10,12-14,16,19H,4-5,9,11,15,17-18H2,1-3H3,(H,29,36)/t19-/m0/s1. The van der Waals surface area contributed by atoms with E-state index in [0.29, 0.717) is 36.7 Å². The SMILES string of the molecule is CCN(CC)[C@@H](C)CNC(=O)c1cc(-c2cnn3ccc(-c4cccs4)nc23)nc(N2CCC23COC3)c1. The van der Waals surface area contributed by atoms with Crippen LogP contribution in [-0.4, -0.2) is 81.4 Å². The summed E-state index contributed by atoms with van der Waals surface area (Å²) < 4.78 is 7.31. The van der Waals surface area contributed by atoms with Crippen LogP contribution >= 0.6 is 11.3 Å². The first-order chi connectivity index (χ1) is 18.5. The molecular weight excluding hydrogens is 498 g/mol. The van der Waals surface area contributed by atoms with Crippen LogP contribution in [0, 0.1) is 0 Å². The third-order valence-electron chi connectivity index (χ3n) is 7.88. The lowest BCUT2D eigenvalue weighted by atomic mass is 9.82. The zero-order valence-corrected chi connectivity index (χ0v) is 22.9. The third-order valence-corrected chi connectivity index (χ3v) is 8.77. The Hall–Kier alpha value is -3.34. The number of anilines is 1. The smallest absolute Gasteiger partial charge is 0.251 e. The number of thiophene rings is 1. The lowest BCUT2D eigenvalue weighted by Gasteiger charge is -2.58. The highest BCUT2D eigenvalue weighted by atomic mass is 32.1. The largest absolute Gasteiger partial charge is 0.376 e. The highest BCUT2D eigenvalue weighted by molar-refractivity contribution is 7.13. The van der Waals surface area contributed by atoms with Gasteiger partial charge in [0.1, 0.15) is 5.82 Å². The molecule has 4 aromatic heterocycles. The predicted octanol–water partition coefficient (Wildman–Crippen LogP) is 3.96. The maximum Gasteiger partial charge on any atom is 0.251 e. The highest BCUT2D eigenvalue weighted by Gasteiger charge is 2.51. The quantitative estimate of drug-likeness (QED) is 0.350. The fourth-order valence-corrected chi connectivity index (χ4v) is 6.08. The number of nitrogens with zero attached hydrogens (tertiary/aromatic N) is 6. The summed E-state index contributed by atoms with van der Waals surface area (Å²) in [6.07, 6.45) is 4.78. The van der Waals surface area contributed by atoms with E-state index in [2.05, 4.69) is 47.1 Å². The first-order valence-electron chi connectivity index (χ1n) is 13.3. The van der Waals surface area contributed by atoms with Gasteiger partial charge in [0.2, 0.25) is 0 Å². The molecule has 4 aromatic rings. The monoisotopic (exact) mass is 531 g/mol. The van der Waals surface area contributed by atoms with E-state index in [4.69, 9.17) is 14.7 Å². The molecule has 2 aliphatic heterocycles. The lowest BCUT2D eigenvalue weighted by Crippen LogP contribution is -2.71. The summed E-state index contributed by atoms with van der Waals surface area (Å²) in [5.74, 6) is 0.699. The second-order valence-electron chi connectivity index (χ2n) is 10.1. The van der Waals surface area contributed by atoms with Crippen molar-refractivity contribution in [3.8, 4) is 21.8 Å². The summed E-state index contributed by atoms with van der Waals surface area (Å²) >= 11 is 1.65. The number of carbonyl (C=O) groups excluding carboxylic acids is 1. The zero-order chi connectivity index (χ0) is 26.3. The number of carbonyl (C=O) groups is 1. The van der Waals surface area contributed by atoms with Gasteiger partial charge < -0.3 is 15.0 Å². The van der Waals surface area contributed by atoms with Crippen molar-refractivity contribution in [3.05, 3.63) is 53.7 Å². The van der Waals surface area contributed by atoms with Gasteiger partial charge in [-0.1, -0.05) is 19.9 Å². The molecule has 1 N–H and O–H groups in total. The molecule has 1 amide bonds. The number of nitrogens with one attached hydrogen (secondary N) is 1. The first kappa shape index (κ1) is 25.0. The molecule has 0 aliphatic carbocycles. The van der Waals surface area contributed by atoms with E-state index in [1.807, 2.05) is 35.8 Å². The zero-order valence-electron chi connectivity index (χ0n) is 22.1. The summed E-state index contributed by atoms with van der Waals surface area (Å²) in [5.41, 5.74) is 3.69. The van der Waals surface area contributed by atoms with Crippen LogP contribution < -0.4 is 10.2 Å². The average Bonchev–Trinajstić information content (AvgIpc) is 3.56. The van der Waals surface area contributed by atoms with E-state index >= 15 is 0 Å². The second-order valence-corrected chi connectivity index (χ2v) is 11.1. The number of likely N-dealkylation sites (N-methyl/N-ethyl adjacent to an activating group) is 1. The Morgan fingerprint density at radius 1 is 1.21 bits per heavy atom. The Labute approximate surface area is 226 Å². The van der Waals surface area contributed by atoms with Crippen molar-refractivity contribution in [2.24, 2.45) is 0 Å². The number of fused-ring (bicyclic) bond motifs is 1. The fourth-order valence-electron chi connectivity index (χ4n) is 5.39. The van der Waals surface area contributed by atoms with Crippen LogP contribution in [0.25, 0.3) is 27.5 Å². The van der Waals surface area contributed by atoms with Crippen LogP contribution in [0.4, 0.5) is 5.82 Å². The van der Waals surface area contributed by atoms with Crippen LogP contribution in [0.1, 0.15) is 37.6 Å². The van der Waals surface area contributed by atoms with Gasteiger partial charge in [-0.3, -0.25) is 9.69 Å². The maximum absolute atomic E-state index is 13.4. The van der Waals surface area contributed by atoms with E-state index < -0.39 is 0 Å². The van der Waals surface area contributed by atoms with Crippen molar-refractivity contribution >= 4 is 28.7 Å². The summed E-state index contributed by atoms with van der Waals surface area (Å²) in [6.45, 7) is 11.2. The fraction of sp³-hybridized carbons (Fsp3) is 0.429. The van der Waals surface area contributed by atoms with Crippen molar-refractivity contribution in [3.63, 3.8) is 0 Å². The number of rotatable bonds is 9. The van der Waals surface area contributed by atoms with Crippen molar-refractivity contribution in [2.75, 3.05) is 44.3 Å². The van der Waals surface area contributed by atoms with E-state index in [0.717, 1.165) is 48.0 Å². The Morgan fingerprint density at radius 3 is 2.71 bits per heavy atom.